The lowest BCUT2D eigenvalue weighted by atomic mass is 9.94. The van der Waals surface area contributed by atoms with Gasteiger partial charge in [-0.1, -0.05) is 19.8 Å². The lowest BCUT2D eigenvalue weighted by molar-refractivity contribution is 0.0964. The Balaban J connectivity index is 2.02. The van der Waals surface area contributed by atoms with Gasteiger partial charge in [0.05, 0.1) is 17.2 Å². The molecule has 0 saturated heterocycles. The molecule has 0 spiro atoms. The van der Waals surface area contributed by atoms with Crippen LogP contribution >= 0.6 is 0 Å². The van der Waals surface area contributed by atoms with Crippen molar-refractivity contribution in [3.8, 4) is 11.3 Å². The monoisotopic (exact) mass is 459 g/mol. The molecule has 0 bridgehead atoms. The van der Waals surface area contributed by atoms with Gasteiger partial charge in [0.1, 0.15) is 17.4 Å². The molecule has 1 atom stereocenters. The number of halogens is 1. The highest BCUT2D eigenvalue weighted by Gasteiger charge is 2.30. The zero-order chi connectivity index (χ0) is 23.0. The number of nitrogens with zero attached hydrogens (tertiary/aromatic N) is 2. The molecule has 1 N–H and O–H groups in total. The van der Waals surface area contributed by atoms with Crippen LogP contribution in [0.3, 0.4) is 0 Å². The Morgan fingerprint density at radius 3 is 2.59 bits per heavy atom. The van der Waals surface area contributed by atoms with E-state index in [2.05, 4.69) is 10.3 Å². The van der Waals surface area contributed by atoms with Crippen LogP contribution in [-0.4, -0.2) is 39.2 Å². The topological polar surface area (TPSA) is 92.5 Å². The Morgan fingerprint density at radius 2 is 1.94 bits per heavy atom. The number of anilines is 1. The third-order valence-electron chi connectivity index (χ3n) is 5.92. The van der Waals surface area contributed by atoms with Crippen molar-refractivity contribution in [2.24, 2.45) is 0 Å². The molecule has 3 aromatic rings. The third-order valence-corrected chi connectivity index (χ3v) is 7.07. The van der Waals surface area contributed by atoms with Gasteiger partial charge in [0, 0.05) is 19.2 Å². The van der Waals surface area contributed by atoms with E-state index in [0.29, 0.717) is 28.9 Å². The molecule has 0 fully saturated rings. The van der Waals surface area contributed by atoms with E-state index < -0.39 is 15.8 Å². The van der Waals surface area contributed by atoms with Gasteiger partial charge in [0.25, 0.3) is 5.91 Å². The maximum absolute atomic E-state index is 13.5. The molecular formula is C23H26FN3O4S. The number of pyridine rings is 1. The minimum Gasteiger partial charge on any atom is -0.437 e. The molecule has 0 aliphatic carbocycles. The van der Waals surface area contributed by atoms with Crippen LogP contribution in [0.15, 0.2) is 34.7 Å². The Hall–Kier alpha value is -2.94. The van der Waals surface area contributed by atoms with E-state index >= 15 is 0 Å². The molecule has 1 aromatic carbocycles. The second-order valence-corrected chi connectivity index (χ2v) is 10.1. The van der Waals surface area contributed by atoms with Gasteiger partial charge in [0.15, 0.2) is 0 Å². The summed E-state index contributed by atoms with van der Waals surface area (Å²) in [6.45, 7) is 2.38. The van der Waals surface area contributed by atoms with Gasteiger partial charge in [-0.3, -0.25) is 9.10 Å². The number of hydrogen-bond donors (Lipinski definition) is 1. The molecule has 1 aliphatic heterocycles. The fraction of sp³-hybridized carbons (Fsp3) is 0.391. The molecule has 170 valence electrons. The van der Waals surface area contributed by atoms with Crippen molar-refractivity contribution in [1.29, 1.82) is 0 Å². The zero-order valence-electron chi connectivity index (χ0n) is 18.3. The number of sulfonamides is 1. The summed E-state index contributed by atoms with van der Waals surface area (Å²) in [7, 11) is -2.04. The van der Waals surface area contributed by atoms with E-state index in [1.165, 1.54) is 41.9 Å². The minimum absolute atomic E-state index is 0.0472. The van der Waals surface area contributed by atoms with E-state index in [1.54, 1.807) is 0 Å². The Kier molecular flexibility index (Phi) is 5.94. The first-order valence-corrected chi connectivity index (χ1v) is 12.5. The predicted molar refractivity (Wildman–Crippen MR) is 122 cm³/mol. The first-order valence-electron chi connectivity index (χ1n) is 10.6. The van der Waals surface area contributed by atoms with Crippen molar-refractivity contribution in [2.45, 2.75) is 38.5 Å². The Labute approximate surface area is 186 Å². The van der Waals surface area contributed by atoms with Crippen LogP contribution < -0.4 is 9.62 Å². The van der Waals surface area contributed by atoms with Crippen molar-refractivity contribution >= 4 is 32.8 Å². The second kappa shape index (κ2) is 8.54. The van der Waals surface area contributed by atoms with Crippen LogP contribution in [0.1, 0.15) is 54.4 Å². The van der Waals surface area contributed by atoms with Gasteiger partial charge in [-0.05, 0) is 54.7 Å². The summed E-state index contributed by atoms with van der Waals surface area (Å²) in [5, 5.41) is 3.13. The molecular weight excluding hydrogens is 433 g/mol. The van der Waals surface area contributed by atoms with E-state index in [9.17, 15) is 17.6 Å². The van der Waals surface area contributed by atoms with E-state index in [-0.39, 0.29) is 23.3 Å². The van der Waals surface area contributed by atoms with Gasteiger partial charge in [-0.25, -0.2) is 12.8 Å². The summed E-state index contributed by atoms with van der Waals surface area (Å²) in [6, 6.07) is 7.48. The van der Waals surface area contributed by atoms with Crippen LogP contribution in [0.25, 0.3) is 22.4 Å². The first kappa shape index (κ1) is 22.3. The summed E-state index contributed by atoms with van der Waals surface area (Å²) < 4.78 is 46.0. The predicted octanol–water partition coefficient (Wildman–Crippen LogP) is 4.44. The lowest BCUT2D eigenvalue weighted by Crippen LogP contribution is -2.32. The maximum Gasteiger partial charge on any atom is 0.255 e. The number of carbonyl (C=O) groups is 1. The Morgan fingerprint density at radius 1 is 1.22 bits per heavy atom. The van der Waals surface area contributed by atoms with Crippen molar-refractivity contribution in [2.75, 3.05) is 24.2 Å². The molecule has 1 amide bonds. The molecule has 9 heteroatoms. The number of nitrogens with one attached hydrogen (secondary N) is 1. The lowest BCUT2D eigenvalue weighted by Gasteiger charge is -2.24. The standard InChI is InChI=1S/C23H26FN3O4S/c1-14-7-5-4-6-12-27(32(3,29)30)21-17(14)13-18-19(22(28)25-2)20(31-23(18)26-21)15-8-10-16(24)11-9-15/h8-11,13-14H,4-7,12H2,1-3H3,(H,25,28). The highest BCUT2D eigenvalue weighted by Crippen LogP contribution is 2.39. The maximum atomic E-state index is 13.5. The van der Waals surface area contributed by atoms with Gasteiger partial charge in [0.2, 0.25) is 15.7 Å². The van der Waals surface area contributed by atoms with Crippen molar-refractivity contribution in [3.63, 3.8) is 0 Å². The molecule has 7 nitrogen and oxygen atoms in total. The molecule has 3 heterocycles. The summed E-state index contributed by atoms with van der Waals surface area (Å²) in [5.74, 6) is -0.106. The largest absolute Gasteiger partial charge is 0.437 e. The molecule has 32 heavy (non-hydrogen) atoms. The quantitative estimate of drug-likeness (QED) is 0.625. The summed E-state index contributed by atoms with van der Waals surface area (Å²) >= 11 is 0. The molecule has 1 unspecified atom stereocenters. The number of amides is 1. The van der Waals surface area contributed by atoms with E-state index in [1.807, 2.05) is 13.0 Å². The highest BCUT2D eigenvalue weighted by atomic mass is 32.2. The molecule has 4 rings (SSSR count). The van der Waals surface area contributed by atoms with Crippen molar-refractivity contribution in [3.05, 3.63) is 47.3 Å². The fourth-order valence-electron chi connectivity index (χ4n) is 4.21. The molecule has 1 aliphatic rings. The van der Waals surface area contributed by atoms with Crippen LogP contribution in [0, 0.1) is 5.82 Å². The minimum atomic E-state index is -3.56. The van der Waals surface area contributed by atoms with Gasteiger partial charge >= 0.3 is 0 Å². The van der Waals surface area contributed by atoms with Gasteiger partial charge in [-0.2, -0.15) is 4.98 Å². The van der Waals surface area contributed by atoms with Crippen LogP contribution in [0.2, 0.25) is 0 Å². The average molecular weight is 460 g/mol. The summed E-state index contributed by atoms with van der Waals surface area (Å²) in [4.78, 5) is 17.4. The number of hydrogen-bond acceptors (Lipinski definition) is 5. The average Bonchev–Trinajstić information content (AvgIpc) is 3.14. The third kappa shape index (κ3) is 4.09. The number of aromatic nitrogens is 1. The van der Waals surface area contributed by atoms with Crippen molar-refractivity contribution in [1.82, 2.24) is 10.3 Å². The number of rotatable bonds is 3. The van der Waals surface area contributed by atoms with Crippen molar-refractivity contribution < 1.29 is 22.0 Å². The SMILES string of the molecule is CNC(=O)c1c(-c2ccc(F)cc2)oc2nc3c(cc12)C(C)CCCCCN3S(C)(=O)=O. The first-order chi connectivity index (χ1) is 15.2. The van der Waals surface area contributed by atoms with Crippen LogP contribution in [0.5, 0.6) is 0 Å². The highest BCUT2D eigenvalue weighted by molar-refractivity contribution is 7.92. The fourth-order valence-corrected chi connectivity index (χ4v) is 5.14. The second-order valence-electron chi connectivity index (χ2n) is 8.23. The number of fused-ring (bicyclic) bond motifs is 2. The zero-order valence-corrected chi connectivity index (χ0v) is 19.1. The van der Waals surface area contributed by atoms with Crippen LogP contribution in [0.4, 0.5) is 10.2 Å². The number of benzene rings is 1. The summed E-state index contributed by atoms with van der Waals surface area (Å²) in [6.07, 6.45) is 4.70. The molecule has 2 aromatic heterocycles. The number of carbonyl (C=O) groups excluding carboxylic acids is 1. The molecule has 0 saturated carbocycles. The number of furan rings is 1. The van der Waals surface area contributed by atoms with E-state index in [0.717, 1.165) is 31.2 Å². The molecule has 0 radical (unpaired) electrons. The van der Waals surface area contributed by atoms with Gasteiger partial charge in [-0.15, -0.1) is 0 Å². The van der Waals surface area contributed by atoms with Crippen LogP contribution in [-0.2, 0) is 10.0 Å². The Bertz CT molecular complexity index is 1270. The normalized spacial score (nSPS) is 17.4. The van der Waals surface area contributed by atoms with E-state index in [4.69, 9.17) is 4.42 Å². The summed E-state index contributed by atoms with van der Waals surface area (Å²) in [5.41, 5.74) is 1.76. The van der Waals surface area contributed by atoms with Gasteiger partial charge < -0.3 is 9.73 Å². The smallest absolute Gasteiger partial charge is 0.255 e.